The van der Waals surface area contributed by atoms with Crippen molar-refractivity contribution in [1.29, 1.82) is 0 Å². The fraction of sp³-hybridized carbons (Fsp3) is 0.290. The van der Waals surface area contributed by atoms with Gasteiger partial charge in [0.15, 0.2) is 0 Å². The topological polar surface area (TPSA) is 25.8 Å². The zero-order valence-electron chi connectivity index (χ0n) is 20.3. The molecule has 1 aliphatic carbocycles. The Labute approximate surface area is 197 Å². The molecule has 2 heterocycles. The van der Waals surface area contributed by atoms with Gasteiger partial charge in [-0.25, -0.2) is 0 Å². The van der Waals surface area contributed by atoms with Crippen molar-refractivity contribution in [3.63, 3.8) is 0 Å². The minimum Gasteiger partial charge on any atom is -0.261 e. The molecule has 2 atom stereocenters. The maximum Gasteiger partial charge on any atom is 0.0506 e. The van der Waals surface area contributed by atoms with Crippen molar-refractivity contribution < 1.29 is 0 Å². The summed E-state index contributed by atoms with van der Waals surface area (Å²) in [5, 5.41) is 0. The van der Waals surface area contributed by atoms with E-state index in [-0.39, 0.29) is 16.7 Å². The van der Waals surface area contributed by atoms with Gasteiger partial charge < -0.3 is 0 Å². The first-order valence-electron chi connectivity index (χ1n) is 12.0. The third kappa shape index (κ3) is 3.40. The average Bonchev–Trinajstić information content (AvgIpc) is 3.10. The zero-order valence-corrected chi connectivity index (χ0v) is 20.3. The van der Waals surface area contributed by atoms with Crippen molar-refractivity contribution in [2.45, 2.75) is 57.8 Å². The van der Waals surface area contributed by atoms with Gasteiger partial charge in [-0.15, -0.1) is 0 Å². The number of benzene rings is 2. The van der Waals surface area contributed by atoms with Crippen molar-refractivity contribution >= 4 is 0 Å². The van der Waals surface area contributed by atoms with Crippen LogP contribution in [0.15, 0.2) is 85.2 Å². The van der Waals surface area contributed by atoms with E-state index in [9.17, 15) is 0 Å². The summed E-state index contributed by atoms with van der Waals surface area (Å²) in [6, 6.07) is 26.5. The number of aromatic nitrogens is 2. The number of hydrogen-bond acceptors (Lipinski definition) is 2. The van der Waals surface area contributed by atoms with Gasteiger partial charge >= 0.3 is 0 Å². The number of fused-ring (bicyclic) bond motifs is 3. The molecule has 2 nitrogen and oxygen atoms in total. The van der Waals surface area contributed by atoms with E-state index in [4.69, 9.17) is 4.98 Å². The first-order valence-corrected chi connectivity index (χ1v) is 12.0. The molecule has 0 bridgehead atoms. The second kappa shape index (κ2) is 7.95. The van der Waals surface area contributed by atoms with Gasteiger partial charge in [0.2, 0.25) is 0 Å². The fourth-order valence-electron chi connectivity index (χ4n) is 5.39. The number of hydrogen-bond donors (Lipinski definition) is 0. The Morgan fingerprint density at radius 3 is 2.12 bits per heavy atom. The highest BCUT2D eigenvalue weighted by atomic mass is 14.7. The number of pyridine rings is 2. The van der Waals surface area contributed by atoms with Crippen molar-refractivity contribution in [3.05, 3.63) is 119 Å². The van der Waals surface area contributed by atoms with E-state index in [1.165, 1.54) is 33.4 Å². The molecule has 0 saturated heterocycles. The lowest BCUT2D eigenvalue weighted by Gasteiger charge is -2.30. The largest absolute Gasteiger partial charge is 0.261 e. The molecule has 0 aliphatic heterocycles. The highest BCUT2D eigenvalue weighted by Crippen LogP contribution is 2.51. The molecule has 0 saturated carbocycles. The minimum absolute atomic E-state index is 0.0563. The van der Waals surface area contributed by atoms with E-state index >= 15 is 0 Å². The van der Waals surface area contributed by atoms with Crippen molar-refractivity contribution in [1.82, 2.24) is 9.97 Å². The van der Waals surface area contributed by atoms with Crippen LogP contribution in [0.4, 0.5) is 0 Å². The predicted octanol–water partition coefficient (Wildman–Crippen LogP) is 7.65. The van der Waals surface area contributed by atoms with Crippen molar-refractivity contribution in [2.75, 3.05) is 0 Å². The van der Waals surface area contributed by atoms with Gasteiger partial charge in [0, 0.05) is 34.8 Å². The Morgan fingerprint density at radius 2 is 1.48 bits per heavy atom. The Morgan fingerprint density at radius 1 is 0.818 bits per heavy atom. The molecule has 2 aromatic heterocycles. The normalized spacial score (nSPS) is 16.5. The molecule has 2 unspecified atom stereocenters. The molecule has 2 aromatic carbocycles. The van der Waals surface area contributed by atoms with Crippen LogP contribution < -0.4 is 0 Å². The fourth-order valence-corrected chi connectivity index (χ4v) is 5.39. The molecule has 0 spiro atoms. The van der Waals surface area contributed by atoms with E-state index in [0.717, 1.165) is 17.8 Å². The summed E-state index contributed by atoms with van der Waals surface area (Å²) in [6.45, 7) is 11.5. The summed E-state index contributed by atoms with van der Waals surface area (Å²) in [5.41, 5.74) is 10.3. The summed E-state index contributed by atoms with van der Waals surface area (Å²) in [5.74, 6) is 0.263. The second-order valence-corrected chi connectivity index (χ2v) is 10.1. The lowest BCUT2D eigenvalue weighted by atomic mass is 9.74. The summed E-state index contributed by atoms with van der Waals surface area (Å²) < 4.78 is 0. The van der Waals surface area contributed by atoms with Crippen LogP contribution in [0.2, 0.25) is 0 Å². The minimum atomic E-state index is -0.111. The maximum absolute atomic E-state index is 4.72. The Kier molecular flexibility index (Phi) is 5.20. The molecule has 4 aromatic rings. The quantitative estimate of drug-likeness (QED) is 0.324. The van der Waals surface area contributed by atoms with Crippen molar-refractivity contribution in [2.24, 2.45) is 0 Å². The van der Waals surface area contributed by atoms with Crippen LogP contribution in [0.1, 0.15) is 80.6 Å². The lowest BCUT2D eigenvalue weighted by Crippen LogP contribution is -2.25. The third-order valence-electron chi connectivity index (χ3n) is 7.91. The van der Waals surface area contributed by atoms with Gasteiger partial charge in [0.1, 0.15) is 0 Å². The van der Waals surface area contributed by atoms with Gasteiger partial charge in [0.25, 0.3) is 0 Å². The Balaban J connectivity index is 1.58. The van der Waals surface area contributed by atoms with Crippen LogP contribution in [0.25, 0.3) is 11.1 Å². The van der Waals surface area contributed by atoms with E-state index in [1.807, 2.05) is 24.5 Å². The van der Waals surface area contributed by atoms with Gasteiger partial charge in [0.05, 0.1) is 5.69 Å². The molecule has 0 amide bonds. The van der Waals surface area contributed by atoms with Crippen LogP contribution in [0.3, 0.4) is 0 Å². The summed E-state index contributed by atoms with van der Waals surface area (Å²) >= 11 is 0. The van der Waals surface area contributed by atoms with Gasteiger partial charge in [-0.1, -0.05) is 76.2 Å². The SMILES string of the molecule is CCC(C)(c1ccc2c(c1)C(C)(C)c1cc(C(C)c3ccccn3)ccc1-2)c1ccccn1. The van der Waals surface area contributed by atoms with Gasteiger partial charge in [-0.3, -0.25) is 9.97 Å². The van der Waals surface area contributed by atoms with Crippen LogP contribution >= 0.6 is 0 Å². The second-order valence-electron chi connectivity index (χ2n) is 10.1. The lowest BCUT2D eigenvalue weighted by molar-refractivity contribution is 0.530. The third-order valence-corrected chi connectivity index (χ3v) is 7.91. The van der Waals surface area contributed by atoms with Crippen LogP contribution in [-0.2, 0) is 10.8 Å². The molecule has 0 N–H and O–H groups in total. The molecule has 2 heteroatoms. The standard InChI is InChI=1S/C31H32N2/c1-6-31(5,29-12-8-10-18-33-29)23-14-16-25-24-15-13-22(21(2)28-11-7-9-17-32-28)19-26(24)30(3,4)27(25)20-23/h7-21H,6H2,1-5H3. The van der Waals surface area contributed by atoms with E-state index in [1.54, 1.807) is 0 Å². The highest BCUT2D eigenvalue weighted by Gasteiger charge is 2.38. The van der Waals surface area contributed by atoms with E-state index in [0.29, 0.717) is 0 Å². The smallest absolute Gasteiger partial charge is 0.0506 e. The van der Waals surface area contributed by atoms with E-state index < -0.39 is 0 Å². The highest BCUT2D eigenvalue weighted by molar-refractivity contribution is 5.81. The number of nitrogens with zero attached hydrogens (tertiary/aromatic N) is 2. The molecule has 33 heavy (non-hydrogen) atoms. The van der Waals surface area contributed by atoms with Gasteiger partial charge in [-0.05, 0) is 71.0 Å². The first-order chi connectivity index (χ1) is 15.9. The Bertz CT molecular complexity index is 1290. The van der Waals surface area contributed by atoms with Crippen LogP contribution in [0.5, 0.6) is 0 Å². The Hall–Kier alpha value is -3.26. The van der Waals surface area contributed by atoms with Crippen molar-refractivity contribution in [3.8, 4) is 11.1 Å². The van der Waals surface area contributed by atoms with Gasteiger partial charge in [-0.2, -0.15) is 0 Å². The molecule has 0 fully saturated rings. The summed E-state index contributed by atoms with van der Waals surface area (Å²) in [6.07, 6.45) is 4.79. The maximum atomic E-state index is 4.72. The summed E-state index contributed by atoms with van der Waals surface area (Å²) in [4.78, 5) is 9.32. The average molecular weight is 433 g/mol. The molecule has 5 rings (SSSR count). The monoisotopic (exact) mass is 432 g/mol. The molecule has 1 aliphatic rings. The molecule has 0 radical (unpaired) electrons. The predicted molar refractivity (Wildman–Crippen MR) is 137 cm³/mol. The van der Waals surface area contributed by atoms with E-state index in [2.05, 4.69) is 100 Å². The van der Waals surface area contributed by atoms with Crippen LogP contribution in [0, 0.1) is 0 Å². The molecular formula is C31H32N2. The molecular weight excluding hydrogens is 400 g/mol. The van der Waals surface area contributed by atoms with Crippen LogP contribution in [-0.4, -0.2) is 9.97 Å². The zero-order chi connectivity index (χ0) is 23.2. The molecule has 166 valence electrons. The summed E-state index contributed by atoms with van der Waals surface area (Å²) in [7, 11) is 0. The number of rotatable bonds is 5. The first kappa shape index (κ1) is 21.6.